The number of hydrogen-bond acceptors (Lipinski definition) is 8. The summed E-state index contributed by atoms with van der Waals surface area (Å²) in [5, 5.41) is 0. The van der Waals surface area contributed by atoms with E-state index in [1.165, 1.54) is 103 Å². The molecular weight excluding hydrogens is 725 g/mol. The molecule has 0 N–H and O–H groups in total. The monoisotopic (exact) mass is 812 g/mol. The molecule has 2 unspecified atom stereocenters. The molecule has 0 spiro atoms. The lowest BCUT2D eigenvalue weighted by Gasteiger charge is -2.28. The van der Waals surface area contributed by atoms with Gasteiger partial charge < -0.3 is 27.9 Å². The summed E-state index contributed by atoms with van der Waals surface area (Å²) in [7, 11) is 1.15. The lowest BCUT2D eigenvalue weighted by molar-refractivity contribution is -0.870. The molecule has 0 aliphatic rings. The molecule has 0 saturated heterocycles. The fraction of sp³-hybridized carbons (Fsp3) is 0.826. The lowest BCUT2D eigenvalue weighted by Crippen LogP contribution is -2.37. The van der Waals surface area contributed by atoms with E-state index in [9.17, 15) is 19.0 Å². The number of quaternary nitrogens is 1. The summed E-state index contributed by atoms with van der Waals surface area (Å²) in [5.74, 6) is -0.853. The molecule has 0 aromatic heterocycles. The second-order valence-electron chi connectivity index (χ2n) is 16.5. The number of phosphoric acid groups is 1. The summed E-state index contributed by atoms with van der Waals surface area (Å²) in [4.78, 5) is 37.5. The van der Waals surface area contributed by atoms with Crippen molar-refractivity contribution in [2.45, 2.75) is 200 Å². The minimum absolute atomic E-state index is 0.0346. The number of allylic oxidation sites excluding steroid dienone is 6. The number of likely N-dealkylation sites (N-methyl/N-ethyl adjacent to an activating group) is 1. The minimum Gasteiger partial charge on any atom is -0.756 e. The molecule has 0 aromatic rings. The molecule has 0 heterocycles. The first-order valence-corrected chi connectivity index (χ1v) is 24.2. The van der Waals surface area contributed by atoms with Gasteiger partial charge in [-0.2, -0.15) is 0 Å². The van der Waals surface area contributed by atoms with E-state index in [-0.39, 0.29) is 32.0 Å². The van der Waals surface area contributed by atoms with Crippen LogP contribution < -0.4 is 4.89 Å². The lowest BCUT2D eigenvalue weighted by atomic mass is 10.0. The van der Waals surface area contributed by atoms with Gasteiger partial charge in [0.2, 0.25) is 0 Å². The van der Waals surface area contributed by atoms with E-state index in [1.807, 2.05) is 39.4 Å². The second-order valence-corrected chi connectivity index (χ2v) is 17.9. The fourth-order valence-corrected chi connectivity index (χ4v) is 6.91. The summed E-state index contributed by atoms with van der Waals surface area (Å²) in [6.45, 7) is 4.08. The Hall–Kier alpha value is -1.77. The van der Waals surface area contributed by atoms with Crippen molar-refractivity contribution >= 4 is 19.8 Å². The fourth-order valence-electron chi connectivity index (χ4n) is 6.18. The Morgan fingerprint density at radius 2 is 1.02 bits per heavy atom. The molecule has 0 rings (SSSR count). The van der Waals surface area contributed by atoms with Gasteiger partial charge in [-0.25, -0.2) is 0 Å². The molecule has 56 heavy (non-hydrogen) atoms. The van der Waals surface area contributed by atoms with Crippen LogP contribution >= 0.6 is 7.82 Å². The number of carbonyl (C=O) groups is 2. The first-order valence-electron chi connectivity index (χ1n) is 22.7. The molecule has 0 fully saturated rings. The molecule has 0 aromatic carbocycles. The van der Waals surface area contributed by atoms with Crippen molar-refractivity contribution in [1.82, 2.24) is 0 Å². The smallest absolute Gasteiger partial charge is 0.306 e. The highest BCUT2D eigenvalue weighted by molar-refractivity contribution is 7.45. The molecule has 10 heteroatoms. The van der Waals surface area contributed by atoms with Gasteiger partial charge in [0.05, 0.1) is 27.7 Å². The zero-order chi connectivity index (χ0) is 41.4. The number of phosphoric ester groups is 1. The van der Waals surface area contributed by atoms with Crippen LogP contribution in [0.4, 0.5) is 0 Å². The van der Waals surface area contributed by atoms with Crippen LogP contribution in [0.1, 0.15) is 194 Å². The van der Waals surface area contributed by atoms with Gasteiger partial charge in [0.25, 0.3) is 7.82 Å². The number of hydrogen-bond donors (Lipinski definition) is 0. The topological polar surface area (TPSA) is 111 Å². The van der Waals surface area contributed by atoms with Crippen LogP contribution in [0.2, 0.25) is 0 Å². The molecule has 0 radical (unpaired) electrons. The molecule has 0 bridgehead atoms. The maximum absolute atomic E-state index is 12.6. The van der Waals surface area contributed by atoms with Crippen molar-refractivity contribution in [3.05, 3.63) is 36.5 Å². The van der Waals surface area contributed by atoms with E-state index in [0.717, 1.165) is 57.8 Å². The van der Waals surface area contributed by atoms with Crippen molar-refractivity contribution in [3.63, 3.8) is 0 Å². The number of carbonyl (C=O) groups excluding carboxylic acids is 2. The molecule has 0 saturated carbocycles. The third-order valence-corrected chi connectivity index (χ3v) is 10.7. The van der Waals surface area contributed by atoms with Crippen LogP contribution in [0, 0.1) is 0 Å². The van der Waals surface area contributed by atoms with Gasteiger partial charge >= 0.3 is 11.9 Å². The SMILES string of the molecule is CC/C=C/C=C/C=C/CCCCCCCC(=O)OC(COC(=O)CCCCCCCCCCCCCCCCCCCCC)COP(=O)([O-])OCC[N+](C)(C)C. The van der Waals surface area contributed by atoms with Crippen molar-refractivity contribution in [3.8, 4) is 0 Å². The van der Waals surface area contributed by atoms with Crippen molar-refractivity contribution in [2.24, 2.45) is 0 Å². The Bertz CT molecular complexity index is 1050. The quantitative estimate of drug-likeness (QED) is 0.0197. The Balaban J connectivity index is 4.29. The van der Waals surface area contributed by atoms with E-state index in [4.69, 9.17) is 18.5 Å². The van der Waals surface area contributed by atoms with Crippen LogP contribution in [0.5, 0.6) is 0 Å². The third kappa shape index (κ3) is 41.9. The van der Waals surface area contributed by atoms with Gasteiger partial charge in [-0.1, -0.05) is 185 Å². The molecule has 0 aliphatic carbocycles. The summed E-state index contributed by atoms with van der Waals surface area (Å²) in [5.41, 5.74) is 0. The van der Waals surface area contributed by atoms with E-state index in [0.29, 0.717) is 17.4 Å². The highest BCUT2D eigenvalue weighted by Crippen LogP contribution is 2.38. The molecular formula is C46H86NO8P. The molecule has 328 valence electrons. The van der Waals surface area contributed by atoms with E-state index in [1.54, 1.807) is 0 Å². The predicted molar refractivity (Wildman–Crippen MR) is 231 cm³/mol. The normalized spacial score (nSPS) is 13.9. The maximum atomic E-state index is 12.6. The average Bonchev–Trinajstić information content (AvgIpc) is 3.15. The van der Waals surface area contributed by atoms with E-state index >= 15 is 0 Å². The molecule has 9 nitrogen and oxygen atoms in total. The second kappa shape index (κ2) is 38.7. The van der Waals surface area contributed by atoms with Gasteiger partial charge in [-0.3, -0.25) is 14.2 Å². The Labute approximate surface area is 344 Å². The maximum Gasteiger partial charge on any atom is 0.306 e. The zero-order valence-electron chi connectivity index (χ0n) is 36.8. The predicted octanol–water partition coefficient (Wildman–Crippen LogP) is 12.3. The van der Waals surface area contributed by atoms with Crippen LogP contribution in [0.15, 0.2) is 36.5 Å². The highest BCUT2D eigenvalue weighted by Gasteiger charge is 2.21. The summed E-state index contributed by atoms with van der Waals surface area (Å²) in [6, 6.07) is 0. The number of rotatable bonds is 41. The number of unbranched alkanes of at least 4 members (excludes halogenated alkanes) is 23. The van der Waals surface area contributed by atoms with Gasteiger partial charge in [-0.15, -0.1) is 0 Å². The van der Waals surface area contributed by atoms with Gasteiger partial charge in [0.1, 0.15) is 19.8 Å². The summed E-state index contributed by atoms with van der Waals surface area (Å²) in [6.07, 6.45) is 43.2. The third-order valence-electron chi connectivity index (χ3n) is 9.74. The van der Waals surface area contributed by atoms with Gasteiger partial charge in [-0.05, 0) is 32.1 Å². The zero-order valence-corrected chi connectivity index (χ0v) is 37.7. The number of ether oxygens (including phenoxy) is 2. The van der Waals surface area contributed by atoms with Gasteiger partial charge in [0, 0.05) is 12.8 Å². The van der Waals surface area contributed by atoms with Crippen LogP contribution in [0.3, 0.4) is 0 Å². The van der Waals surface area contributed by atoms with Crippen LogP contribution in [-0.4, -0.2) is 70.0 Å². The molecule has 0 aliphatic heterocycles. The largest absolute Gasteiger partial charge is 0.756 e. The van der Waals surface area contributed by atoms with Crippen molar-refractivity contribution in [2.75, 3.05) is 47.5 Å². The summed E-state index contributed by atoms with van der Waals surface area (Å²) >= 11 is 0. The Morgan fingerprint density at radius 3 is 1.50 bits per heavy atom. The first-order chi connectivity index (χ1) is 27.0. The van der Waals surface area contributed by atoms with Crippen LogP contribution in [0.25, 0.3) is 0 Å². The average molecular weight is 812 g/mol. The number of esters is 2. The van der Waals surface area contributed by atoms with Crippen LogP contribution in [-0.2, 0) is 32.7 Å². The standard InChI is InChI=1S/C46H86NO8P/c1-6-8-10-12-14-16-18-20-21-22-23-24-25-27-28-30-32-34-36-38-45(48)52-42-44(43-54-56(50,51)53-41-40-47(3,4)5)55-46(49)39-37-35-33-31-29-26-19-17-15-13-11-9-7-2/h9,11,13,15,17,19,44H,6-8,10,12,14,16,18,20-43H2,1-5H3/b11-9+,15-13+,19-17+. The summed E-state index contributed by atoms with van der Waals surface area (Å²) < 4.78 is 33.9. The van der Waals surface area contributed by atoms with Gasteiger partial charge in [0.15, 0.2) is 6.10 Å². The highest BCUT2D eigenvalue weighted by atomic mass is 31.2. The Kier molecular flexibility index (Phi) is 37.5. The van der Waals surface area contributed by atoms with E-state index < -0.39 is 26.5 Å². The number of nitrogens with zero attached hydrogens (tertiary/aromatic N) is 1. The molecule has 0 amide bonds. The molecule has 2 atom stereocenters. The first kappa shape index (κ1) is 54.2. The van der Waals surface area contributed by atoms with Crippen molar-refractivity contribution < 1.29 is 42.1 Å². The minimum atomic E-state index is -4.63. The Morgan fingerprint density at radius 1 is 0.571 bits per heavy atom. The van der Waals surface area contributed by atoms with Crippen molar-refractivity contribution in [1.29, 1.82) is 0 Å². The van der Waals surface area contributed by atoms with E-state index in [2.05, 4.69) is 32.1 Å².